The van der Waals surface area contributed by atoms with E-state index >= 15 is 0 Å². The molecule has 17 heavy (non-hydrogen) atoms. The molecular weight excluding hydrogens is 234 g/mol. The fourth-order valence-corrected chi connectivity index (χ4v) is 2.49. The number of nitrogens with one attached hydrogen (secondary N) is 1. The second-order valence-electron chi connectivity index (χ2n) is 4.91. The Hall–Kier alpha value is -0.640. The van der Waals surface area contributed by atoms with Crippen LogP contribution < -0.4 is 5.32 Å². The topological polar surface area (TPSA) is 28.2 Å². The molecule has 2 heterocycles. The first-order valence-electron chi connectivity index (χ1n) is 6.04. The Morgan fingerprint density at radius 1 is 1.35 bits per heavy atom. The third-order valence-corrected chi connectivity index (χ3v) is 3.14. The molecule has 2 unspecified atom stereocenters. The molecule has 0 amide bonds. The molecule has 2 atom stereocenters. The van der Waals surface area contributed by atoms with Gasteiger partial charge >= 0.3 is 0 Å². The highest BCUT2D eigenvalue weighted by Crippen LogP contribution is 2.11. The van der Waals surface area contributed by atoms with Gasteiger partial charge in [-0.3, -0.25) is 9.88 Å². The van der Waals surface area contributed by atoms with Crippen molar-refractivity contribution < 1.29 is 0 Å². The lowest BCUT2D eigenvalue weighted by Crippen LogP contribution is -2.53. The summed E-state index contributed by atoms with van der Waals surface area (Å²) in [6, 6.07) is 5.37. The van der Waals surface area contributed by atoms with E-state index < -0.39 is 0 Å². The van der Waals surface area contributed by atoms with Gasteiger partial charge in [-0.05, 0) is 32.4 Å². The van der Waals surface area contributed by atoms with Crippen molar-refractivity contribution in [3.63, 3.8) is 0 Å². The Labute approximate surface area is 110 Å². The zero-order valence-electron chi connectivity index (χ0n) is 10.8. The minimum Gasteiger partial charge on any atom is -0.309 e. The smallest absolute Gasteiger partial charge is 0.0417 e. The van der Waals surface area contributed by atoms with E-state index in [1.807, 2.05) is 12.3 Å². The van der Waals surface area contributed by atoms with Crippen molar-refractivity contribution in [3.05, 3.63) is 29.6 Å². The Bertz CT molecular complexity index is 346. The maximum Gasteiger partial charge on any atom is 0.0417 e. The second kappa shape index (κ2) is 6.34. The summed E-state index contributed by atoms with van der Waals surface area (Å²) >= 11 is 0. The zero-order chi connectivity index (χ0) is 11.5. The summed E-state index contributed by atoms with van der Waals surface area (Å²) in [4.78, 5) is 6.85. The van der Waals surface area contributed by atoms with Gasteiger partial charge < -0.3 is 5.32 Å². The molecule has 1 aliphatic heterocycles. The van der Waals surface area contributed by atoms with Crippen LogP contribution in [0.5, 0.6) is 0 Å². The summed E-state index contributed by atoms with van der Waals surface area (Å²) in [5.74, 6) is 0. The van der Waals surface area contributed by atoms with Crippen molar-refractivity contribution in [1.29, 1.82) is 0 Å². The lowest BCUT2D eigenvalue weighted by atomic mass is 10.1. The summed E-state index contributed by atoms with van der Waals surface area (Å²) in [5, 5.41) is 3.55. The molecule has 4 heteroatoms. The van der Waals surface area contributed by atoms with Gasteiger partial charge in [-0.25, -0.2) is 0 Å². The van der Waals surface area contributed by atoms with E-state index in [1.54, 1.807) is 0 Å². The van der Waals surface area contributed by atoms with E-state index in [9.17, 15) is 0 Å². The minimum absolute atomic E-state index is 0. The van der Waals surface area contributed by atoms with Crippen LogP contribution in [-0.4, -0.2) is 35.1 Å². The van der Waals surface area contributed by atoms with Crippen LogP contribution in [0.3, 0.4) is 0 Å². The molecule has 0 saturated carbocycles. The fourth-order valence-electron chi connectivity index (χ4n) is 2.49. The molecule has 0 aliphatic carbocycles. The monoisotopic (exact) mass is 255 g/mol. The van der Waals surface area contributed by atoms with Crippen molar-refractivity contribution in [2.45, 2.75) is 39.4 Å². The number of piperazine rings is 1. The average Bonchev–Trinajstić information content (AvgIpc) is 2.20. The van der Waals surface area contributed by atoms with Gasteiger partial charge in [-0.15, -0.1) is 12.4 Å². The Morgan fingerprint density at radius 2 is 2.00 bits per heavy atom. The maximum absolute atomic E-state index is 4.34. The van der Waals surface area contributed by atoms with Crippen LogP contribution in [0.25, 0.3) is 0 Å². The summed E-state index contributed by atoms with van der Waals surface area (Å²) in [6.07, 6.45) is 1.86. The van der Waals surface area contributed by atoms with E-state index in [4.69, 9.17) is 0 Å². The number of rotatable bonds is 2. The summed E-state index contributed by atoms with van der Waals surface area (Å²) in [5.41, 5.74) is 2.50. The molecule has 2 rings (SSSR count). The van der Waals surface area contributed by atoms with Crippen molar-refractivity contribution in [2.24, 2.45) is 0 Å². The second-order valence-corrected chi connectivity index (χ2v) is 4.91. The Morgan fingerprint density at radius 3 is 2.59 bits per heavy atom. The van der Waals surface area contributed by atoms with Crippen LogP contribution in [0.2, 0.25) is 0 Å². The normalized spacial score (nSPS) is 25.4. The SMILES string of the molecule is Cc1ncccc1CN1CC(C)NC(C)C1.Cl. The number of pyridine rings is 1. The number of nitrogens with zero attached hydrogens (tertiary/aromatic N) is 2. The Kier molecular flexibility index (Phi) is 5.37. The van der Waals surface area contributed by atoms with Crippen molar-refractivity contribution in [1.82, 2.24) is 15.2 Å². The molecule has 1 aromatic rings. The number of hydrogen-bond donors (Lipinski definition) is 1. The predicted octanol–water partition coefficient (Wildman–Crippen LogP) is 1.99. The standard InChI is InChI=1S/C13H21N3.ClH/c1-10-7-16(8-11(2)15-10)9-13-5-4-6-14-12(13)3;/h4-6,10-11,15H,7-9H2,1-3H3;1H. The van der Waals surface area contributed by atoms with Crippen molar-refractivity contribution >= 4 is 12.4 Å². The van der Waals surface area contributed by atoms with Crippen LogP contribution in [0.4, 0.5) is 0 Å². The molecule has 96 valence electrons. The first kappa shape index (κ1) is 14.4. The van der Waals surface area contributed by atoms with Crippen LogP contribution >= 0.6 is 12.4 Å². The van der Waals surface area contributed by atoms with Gasteiger partial charge in [-0.1, -0.05) is 6.07 Å². The van der Waals surface area contributed by atoms with Gasteiger partial charge in [0.15, 0.2) is 0 Å². The lowest BCUT2D eigenvalue weighted by Gasteiger charge is -2.36. The van der Waals surface area contributed by atoms with Crippen LogP contribution in [-0.2, 0) is 6.54 Å². The molecule has 1 aromatic heterocycles. The molecule has 0 aromatic carbocycles. The number of aromatic nitrogens is 1. The van der Waals surface area contributed by atoms with E-state index in [0.717, 1.165) is 25.3 Å². The van der Waals surface area contributed by atoms with Gasteiger partial charge in [0.25, 0.3) is 0 Å². The number of hydrogen-bond acceptors (Lipinski definition) is 3. The third kappa shape index (κ3) is 3.95. The average molecular weight is 256 g/mol. The van der Waals surface area contributed by atoms with Crippen LogP contribution in [0.15, 0.2) is 18.3 Å². The van der Waals surface area contributed by atoms with Gasteiger partial charge in [-0.2, -0.15) is 0 Å². The highest BCUT2D eigenvalue weighted by molar-refractivity contribution is 5.85. The van der Waals surface area contributed by atoms with Gasteiger partial charge in [0.1, 0.15) is 0 Å². The molecule has 1 aliphatic rings. The summed E-state index contributed by atoms with van der Waals surface area (Å²) < 4.78 is 0. The molecule has 1 fully saturated rings. The third-order valence-electron chi connectivity index (χ3n) is 3.14. The largest absolute Gasteiger partial charge is 0.309 e. The maximum atomic E-state index is 4.34. The predicted molar refractivity (Wildman–Crippen MR) is 73.6 cm³/mol. The van der Waals surface area contributed by atoms with E-state index in [2.05, 4.69) is 42.0 Å². The number of aryl methyl sites for hydroxylation is 1. The molecule has 3 nitrogen and oxygen atoms in total. The molecule has 0 bridgehead atoms. The first-order chi connectivity index (χ1) is 7.65. The quantitative estimate of drug-likeness (QED) is 0.876. The van der Waals surface area contributed by atoms with Gasteiger partial charge in [0.2, 0.25) is 0 Å². The highest BCUT2D eigenvalue weighted by Gasteiger charge is 2.21. The minimum atomic E-state index is 0. The molecule has 0 spiro atoms. The first-order valence-corrected chi connectivity index (χ1v) is 6.04. The van der Waals surface area contributed by atoms with Gasteiger partial charge in [0, 0.05) is 43.6 Å². The van der Waals surface area contributed by atoms with Crippen molar-refractivity contribution in [2.75, 3.05) is 13.1 Å². The van der Waals surface area contributed by atoms with Gasteiger partial charge in [0.05, 0.1) is 0 Å². The fraction of sp³-hybridized carbons (Fsp3) is 0.615. The van der Waals surface area contributed by atoms with Crippen LogP contribution in [0, 0.1) is 6.92 Å². The molecule has 0 radical (unpaired) electrons. The lowest BCUT2D eigenvalue weighted by molar-refractivity contribution is 0.166. The molecular formula is C13H22ClN3. The zero-order valence-corrected chi connectivity index (χ0v) is 11.6. The van der Waals surface area contributed by atoms with E-state index in [-0.39, 0.29) is 12.4 Å². The highest BCUT2D eigenvalue weighted by atomic mass is 35.5. The Balaban J connectivity index is 0.00000144. The molecule has 1 saturated heterocycles. The van der Waals surface area contributed by atoms with E-state index in [0.29, 0.717) is 12.1 Å². The van der Waals surface area contributed by atoms with E-state index in [1.165, 1.54) is 5.56 Å². The summed E-state index contributed by atoms with van der Waals surface area (Å²) in [7, 11) is 0. The number of halogens is 1. The van der Waals surface area contributed by atoms with Crippen molar-refractivity contribution in [3.8, 4) is 0 Å². The van der Waals surface area contributed by atoms with Crippen LogP contribution in [0.1, 0.15) is 25.1 Å². The summed E-state index contributed by atoms with van der Waals surface area (Å²) in [6.45, 7) is 9.86. The molecule has 1 N–H and O–H groups in total.